The Balaban J connectivity index is 2.13. The molecule has 0 aromatic heterocycles. The van der Waals surface area contributed by atoms with Crippen molar-refractivity contribution in [2.24, 2.45) is 0 Å². The maximum atomic E-state index is 6.60. The maximum absolute atomic E-state index is 6.60. The summed E-state index contributed by atoms with van der Waals surface area (Å²) in [6.07, 6.45) is 3.92. The highest BCUT2D eigenvalue weighted by molar-refractivity contribution is 5.82. The molecule has 5 heteroatoms. The number of hydrogen-bond acceptors (Lipinski definition) is 5. The lowest BCUT2D eigenvalue weighted by atomic mass is 9.84. The van der Waals surface area contributed by atoms with Gasteiger partial charge in [-0.1, -0.05) is 13.3 Å². The van der Waals surface area contributed by atoms with Crippen LogP contribution >= 0.6 is 0 Å². The molecule has 1 heterocycles. The zero-order chi connectivity index (χ0) is 21.7. The third-order valence-electron chi connectivity index (χ3n) is 5.30. The first-order valence-corrected chi connectivity index (χ1v) is 10.6. The average molecular weight is 413 g/mol. The van der Waals surface area contributed by atoms with Crippen LogP contribution in [0, 0.1) is 0 Å². The predicted octanol–water partition coefficient (Wildman–Crippen LogP) is 6.04. The molecule has 0 amide bonds. The van der Waals surface area contributed by atoms with Crippen LogP contribution in [0.2, 0.25) is 0 Å². The van der Waals surface area contributed by atoms with E-state index in [9.17, 15) is 0 Å². The Morgan fingerprint density at radius 2 is 1.50 bits per heavy atom. The second kappa shape index (κ2) is 9.33. The van der Waals surface area contributed by atoms with Gasteiger partial charge >= 0.3 is 0 Å². The highest BCUT2D eigenvalue weighted by Crippen LogP contribution is 2.47. The first kappa shape index (κ1) is 21.9. The first-order valence-electron chi connectivity index (χ1n) is 10.6. The van der Waals surface area contributed by atoms with Gasteiger partial charge in [0.15, 0.2) is 23.0 Å². The monoisotopic (exact) mass is 412 g/mol. The van der Waals surface area contributed by atoms with Gasteiger partial charge < -0.3 is 23.7 Å². The normalized spacial score (nSPS) is 17.5. The van der Waals surface area contributed by atoms with Gasteiger partial charge in [-0.25, -0.2) is 0 Å². The minimum atomic E-state index is -0.474. The molecule has 0 spiro atoms. The zero-order valence-electron chi connectivity index (χ0n) is 18.8. The van der Waals surface area contributed by atoms with Crippen molar-refractivity contribution in [3.8, 4) is 23.0 Å². The van der Waals surface area contributed by atoms with Gasteiger partial charge in [0.05, 0.1) is 27.4 Å². The van der Waals surface area contributed by atoms with E-state index >= 15 is 0 Å². The molecule has 0 fully saturated rings. The van der Waals surface area contributed by atoms with E-state index in [1.54, 1.807) is 14.2 Å². The molecule has 162 valence electrons. The number of benzene rings is 2. The van der Waals surface area contributed by atoms with Gasteiger partial charge in [-0.3, -0.25) is 0 Å². The Labute approximate surface area is 179 Å². The smallest absolute Gasteiger partial charge is 0.161 e. The molecule has 3 rings (SSSR count). The molecule has 1 unspecified atom stereocenters. The highest BCUT2D eigenvalue weighted by atomic mass is 16.5. The van der Waals surface area contributed by atoms with Crippen LogP contribution in [0.15, 0.2) is 30.3 Å². The van der Waals surface area contributed by atoms with Crippen LogP contribution in [0.3, 0.4) is 0 Å². The predicted molar refractivity (Wildman–Crippen MR) is 120 cm³/mol. The van der Waals surface area contributed by atoms with Crippen molar-refractivity contribution in [2.45, 2.75) is 46.1 Å². The molecule has 30 heavy (non-hydrogen) atoms. The van der Waals surface area contributed by atoms with Crippen molar-refractivity contribution in [3.05, 3.63) is 47.0 Å². The lowest BCUT2D eigenvalue weighted by Crippen LogP contribution is -2.29. The fourth-order valence-electron chi connectivity index (χ4n) is 3.95. The molecule has 1 atom stereocenters. The van der Waals surface area contributed by atoms with Crippen molar-refractivity contribution < 1.29 is 23.7 Å². The molecule has 0 saturated heterocycles. The van der Waals surface area contributed by atoms with Crippen LogP contribution < -0.4 is 18.9 Å². The van der Waals surface area contributed by atoms with Gasteiger partial charge in [-0.2, -0.15) is 0 Å². The molecular weight excluding hydrogens is 380 g/mol. The van der Waals surface area contributed by atoms with E-state index in [1.165, 1.54) is 0 Å². The highest BCUT2D eigenvalue weighted by Gasteiger charge is 2.36. The second-order valence-electron chi connectivity index (χ2n) is 7.41. The van der Waals surface area contributed by atoms with Gasteiger partial charge in [0.2, 0.25) is 0 Å². The molecule has 0 aliphatic carbocycles. The molecule has 0 saturated carbocycles. The summed E-state index contributed by atoms with van der Waals surface area (Å²) in [5.41, 5.74) is 2.64. The summed E-state index contributed by atoms with van der Waals surface area (Å²) in [6.45, 7) is 9.38. The largest absolute Gasteiger partial charge is 0.493 e. The molecule has 5 nitrogen and oxygen atoms in total. The Hall–Kier alpha value is -2.82. The Bertz CT molecular complexity index is 918. The van der Waals surface area contributed by atoms with Gasteiger partial charge in [-0.05, 0) is 69.2 Å². The summed E-state index contributed by atoms with van der Waals surface area (Å²) >= 11 is 0. The molecule has 0 radical (unpaired) electrons. The topological polar surface area (TPSA) is 46.2 Å². The SMILES string of the molecule is CCCC1(C)OC(c2ccc(OCC)c(OCC)c2)=Cc2cc(OC)c(OC)cc21. The van der Waals surface area contributed by atoms with Gasteiger partial charge in [-0.15, -0.1) is 0 Å². The molecule has 1 aliphatic rings. The summed E-state index contributed by atoms with van der Waals surface area (Å²) < 4.78 is 29.2. The molecule has 2 aromatic carbocycles. The summed E-state index contributed by atoms with van der Waals surface area (Å²) in [4.78, 5) is 0. The number of fused-ring (bicyclic) bond motifs is 1. The van der Waals surface area contributed by atoms with Crippen LogP contribution in [0.4, 0.5) is 0 Å². The van der Waals surface area contributed by atoms with Crippen molar-refractivity contribution in [1.82, 2.24) is 0 Å². The number of rotatable bonds is 9. The van der Waals surface area contributed by atoms with Gasteiger partial charge in [0.25, 0.3) is 0 Å². The van der Waals surface area contributed by atoms with E-state index in [1.807, 2.05) is 44.2 Å². The minimum absolute atomic E-state index is 0.474. The van der Waals surface area contributed by atoms with Crippen molar-refractivity contribution in [1.29, 1.82) is 0 Å². The number of methoxy groups -OCH3 is 2. The average Bonchev–Trinajstić information content (AvgIpc) is 2.74. The van der Waals surface area contributed by atoms with Crippen LogP contribution in [-0.4, -0.2) is 27.4 Å². The minimum Gasteiger partial charge on any atom is -0.493 e. The standard InChI is InChI=1S/C25H32O5/c1-7-12-25(4)19-16-23(27-6)22(26-5)15-18(19)14-21(30-25)17-10-11-20(28-8-2)24(13-17)29-9-3/h10-11,13-16H,7-9,12H2,1-6H3. The van der Waals surface area contributed by atoms with E-state index in [0.29, 0.717) is 24.7 Å². The number of ether oxygens (including phenoxy) is 5. The van der Waals surface area contributed by atoms with Gasteiger partial charge in [0, 0.05) is 11.1 Å². The molecule has 0 bridgehead atoms. The zero-order valence-corrected chi connectivity index (χ0v) is 18.8. The third-order valence-corrected chi connectivity index (χ3v) is 5.30. The number of hydrogen-bond donors (Lipinski definition) is 0. The molecule has 1 aliphatic heterocycles. The summed E-state index contributed by atoms with van der Waals surface area (Å²) in [5.74, 6) is 3.67. The molecule has 2 aromatic rings. The Kier molecular flexibility index (Phi) is 6.80. The van der Waals surface area contributed by atoms with Crippen LogP contribution in [0.5, 0.6) is 23.0 Å². The van der Waals surface area contributed by atoms with Crippen molar-refractivity contribution >= 4 is 11.8 Å². The fraction of sp³-hybridized carbons (Fsp3) is 0.440. The first-order chi connectivity index (χ1) is 14.5. The third kappa shape index (κ3) is 4.20. The van der Waals surface area contributed by atoms with E-state index < -0.39 is 5.60 Å². The summed E-state index contributed by atoms with van der Waals surface area (Å²) in [7, 11) is 3.31. The second-order valence-corrected chi connectivity index (χ2v) is 7.41. The summed E-state index contributed by atoms with van der Waals surface area (Å²) in [6, 6.07) is 9.98. The van der Waals surface area contributed by atoms with Crippen LogP contribution in [-0.2, 0) is 10.3 Å². The van der Waals surface area contributed by atoms with Crippen LogP contribution in [0.25, 0.3) is 11.8 Å². The van der Waals surface area contributed by atoms with Gasteiger partial charge in [0.1, 0.15) is 11.4 Å². The van der Waals surface area contributed by atoms with Crippen molar-refractivity contribution in [2.75, 3.05) is 27.4 Å². The van der Waals surface area contributed by atoms with E-state index in [-0.39, 0.29) is 0 Å². The quantitative estimate of drug-likeness (QED) is 0.502. The van der Waals surface area contributed by atoms with Crippen molar-refractivity contribution in [3.63, 3.8) is 0 Å². The van der Waals surface area contributed by atoms with E-state index in [2.05, 4.69) is 19.9 Å². The Morgan fingerprint density at radius 3 is 2.13 bits per heavy atom. The lowest BCUT2D eigenvalue weighted by Gasteiger charge is -2.37. The van der Waals surface area contributed by atoms with E-state index in [4.69, 9.17) is 23.7 Å². The fourth-order valence-corrected chi connectivity index (χ4v) is 3.95. The van der Waals surface area contributed by atoms with E-state index in [0.717, 1.165) is 46.8 Å². The summed E-state index contributed by atoms with van der Waals surface area (Å²) in [5, 5.41) is 0. The maximum Gasteiger partial charge on any atom is 0.161 e. The molecule has 0 N–H and O–H groups in total. The Morgan fingerprint density at radius 1 is 0.833 bits per heavy atom. The molecular formula is C25H32O5. The van der Waals surface area contributed by atoms with Crippen LogP contribution in [0.1, 0.15) is 57.2 Å². The lowest BCUT2D eigenvalue weighted by molar-refractivity contribution is 0.0427.